The lowest BCUT2D eigenvalue weighted by atomic mass is 10.2. The first kappa shape index (κ1) is 13.4. The van der Waals surface area contributed by atoms with E-state index in [4.69, 9.17) is 10.3 Å². The van der Waals surface area contributed by atoms with Crippen molar-refractivity contribution in [2.24, 2.45) is 5.84 Å². The van der Waals surface area contributed by atoms with Crippen LogP contribution in [0.4, 0.5) is 0 Å². The molecule has 0 saturated heterocycles. The Bertz CT molecular complexity index is 571. The van der Waals surface area contributed by atoms with E-state index in [-0.39, 0.29) is 5.76 Å². The summed E-state index contributed by atoms with van der Waals surface area (Å²) in [6, 6.07) is 1.72. The van der Waals surface area contributed by atoms with E-state index in [9.17, 15) is 4.79 Å². The predicted molar refractivity (Wildman–Crippen MR) is 70.4 cm³/mol. The average Bonchev–Trinajstić information content (AvgIpc) is 2.98. The van der Waals surface area contributed by atoms with Gasteiger partial charge in [0.1, 0.15) is 11.6 Å². The van der Waals surface area contributed by atoms with Gasteiger partial charge in [-0.2, -0.15) is 0 Å². The summed E-state index contributed by atoms with van der Waals surface area (Å²) < 4.78 is 7.45. The van der Waals surface area contributed by atoms with Gasteiger partial charge in [0.2, 0.25) is 0 Å². The van der Waals surface area contributed by atoms with Crippen molar-refractivity contribution >= 4 is 5.91 Å². The zero-order valence-electron chi connectivity index (χ0n) is 11.1. The molecule has 6 heteroatoms. The first-order valence-electron chi connectivity index (χ1n) is 6.26. The molecule has 0 fully saturated rings. The number of hydrogen-bond acceptors (Lipinski definition) is 4. The second kappa shape index (κ2) is 5.71. The van der Waals surface area contributed by atoms with Crippen LogP contribution in [0, 0.1) is 6.92 Å². The van der Waals surface area contributed by atoms with Crippen LogP contribution in [0.25, 0.3) is 0 Å². The smallest absolute Gasteiger partial charge is 0.300 e. The third kappa shape index (κ3) is 2.85. The van der Waals surface area contributed by atoms with Crippen LogP contribution < -0.4 is 11.3 Å². The number of imidazole rings is 1. The molecule has 0 radical (unpaired) electrons. The normalized spacial score (nSPS) is 10.7. The maximum absolute atomic E-state index is 11.4. The number of nitrogen functional groups attached to an aromatic ring is 1. The minimum Gasteiger partial charge on any atom is -0.456 e. The molecule has 0 unspecified atom stereocenters. The maximum Gasteiger partial charge on any atom is 0.300 e. The number of amides is 1. The van der Waals surface area contributed by atoms with Gasteiger partial charge in [0.15, 0.2) is 5.76 Å². The molecule has 3 N–H and O–H groups in total. The number of aromatic nitrogens is 2. The number of nitrogens with two attached hydrogens (primary N) is 1. The molecule has 0 aliphatic carbocycles. The van der Waals surface area contributed by atoms with Gasteiger partial charge >= 0.3 is 5.91 Å². The van der Waals surface area contributed by atoms with Crippen molar-refractivity contribution in [3.8, 4) is 0 Å². The van der Waals surface area contributed by atoms with E-state index in [1.165, 1.54) is 0 Å². The number of aryl methyl sites for hydroxylation is 2. The molecule has 0 saturated carbocycles. The molecule has 2 aromatic rings. The fourth-order valence-corrected chi connectivity index (χ4v) is 1.98. The molecule has 19 heavy (non-hydrogen) atoms. The number of hydrazine groups is 1. The maximum atomic E-state index is 11.4. The van der Waals surface area contributed by atoms with E-state index in [1.807, 2.05) is 13.1 Å². The van der Waals surface area contributed by atoms with E-state index in [2.05, 4.69) is 21.9 Å². The van der Waals surface area contributed by atoms with E-state index in [1.54, 1.807) is 12.3 Å². The van der Waals surface area contributed by atoms with Gasteiger partial charge in [-0.15, -0.1) is 0 Å². The van der Waals surface area contributed by atoms with Crippen molar-refractivity contribution in [2.45, 2.75) is 33.2 Å². The molecular weight excluding hydrogens is 244 g/mol. The lowest BCUT2D eigenvalue weighted by Crippen LogP contribution is -2.29. The number of hydrogen-bond donors (Lipinski definition) is 2. The molecule has 0 bridgehead atoms. The van der Waals surface area contributed by atoms with Gasteiger partial charge in [0, 0.05) is 24.4 Å². The first-order chi connectivity index (χ1) is 9.15. The van der Waals surface area contributed by atoms with Gasteiger partial charge in [-0.05, 0) is 19.4 Å². The number of furan rings is 1. The number of nitrogens with one attached hydrogen (secondary N) is 1. The molecule has 2 rings (SSSR count). The zero-order valence-corrected chi connectivity index (χ0v) is 11.1. The minimum atomic E-state index is -0.422. The van der Waals surface area contributed by atoms with E-state index >= 15 is 0 Å². The predicted octanol–water partition coefficient (Wildman–Crippen LogP) is 1.39. The van der Waals surface area contributed by atoms with Gasteiger partial charge in [0.25, 0.3) is 0 Å². The summed E-state index contributed by atoms with van der Waals surface area (Å²) in [5.41, 5.74) is 3.01. The average molecular weight is 262 g/mol. The molecule has 0 aromatic carbocycles. The summed E-state index contributed by atoms with van der Waals surface area (Å²) in [6.45, 7) is 4.59. The van der Waals surface area contributed by atoms with Crippen molar-refractivity contribution < 1.29 is 9.21 Å². The van der Waals surface area contributed by atoms with Crippen LogP contribution in [0.2, 0.25) is 0 Å². The summed E-state index contributed by atoms with van der Waals surface area (Å²) in [5, 5.41) is 0. The molecular formula is C13H18N4O2. The SMILES string of the molecule is CCCc1nccn1Cc1cc(C(=O)NN)oc1C. The Morgan fingerprint density at radius 3 is 3.05 bits per heavy atom. The van der Waals surface area contributed by atoms with Crippen molar-refractivity contribution in [2.75, 3.05) is 0 Å². The van der Waals surface area contributed by atoms with Crippen LogP contribution in [0.5, 0.6) is 0 Å². The second-order valence-corrected chi connectivity index (χ2v) is 4.39. The molecule has 0 atom stereocenters. The Morgan fingerprint density at radius 1 is 1.58 bits per heavy atom. The fourth-order valence-electron chi connectivity index (χ4n) is 1.98. The third-order valence-electron chi connectivity index (χ3n) is 2.99. The molecule has 1 amide bonds. The molecule has 0 spiro atoms. The molecule has 0 aliphatic heterocycles. The highest BCUT2D eigenvalue weighted by atomic mass is 16.4. The molecule has 102 valence electrons. The van der Waals surface area contributed by atoms with Gasteiger partial charge in [-0.3, -0.25) is 10.2 Å². The molecule has 0 aliphatic rings. The largest absolute Gasteiger partial charge is 0.456 e. The Balaban J connectivity index is 2.21. The summed E-state index contributed by atoms with van der Waals surface area (Å²) >= 11 is 0. The highest BCUT2D eigenvalue weighted by Crippen LogP contribution is 2.17. The Morgan fingerprint density at radius 2 is 2.37 bits per heavy atom. The minimum absolute atomic E-state index is 0.229. The third-order valence-corrected chi connectivity index (χ3v) is 2.99. The van der Waals surface area contributed by atoms with Gasteiger partial charge in [-0.1, -0.05) is 6.92 Å². The van der Waals surface area contributed by atoms with Crippen LogP contribution in [-0.4, -0.2) is 15.5 Å². The Hall–Kier alpha value is -2.08. The number of carbonyl (C=O) groups excluding carboxylic acids is 1. The standard InChI is InChI=1S/C13H18N4O2/c1-3-4-12-15-5-6-17(12)8-10-7-11(13(18)16-14)19-9(10)2/h5-7H,3-4,8,14H2,1-2H3,(H,16,18). The molecule has 2 aromatic heterocycles. The zero-order chi connectivity index (χ0) is 13.8. The lowest BCUT2D eigenvalue weighted by Gasteiger charge is -2.05. The van der Waals surface area contributed by atoms with Crippen molar-refractivity contribution in [1.29, 1.82) is 0 Å². The summed E-state index contributed by atoms with van der Waals surface area (Å²) in [4.78, 5) is 15.7. The van der Waals surface area contributed by atoms with Crippen LogP contribution in [0.15, 0.2) is 22.9 Å². The highest BCUT2D eigenvalue weighted by Gasteiger charge is 2.14. The quantitative estimate of drug-likeness (QED) is 0.484. The summed E-state index contributed by atoms with van der Waals surface area (Å²) in [7, 11) is 0. The molecule has 6 nitrogen and oxygen atoms in total. The van der Waals surface area contributed by atoms with Crippen molar-refractivity contribution in [1.82, 2.24) is 15.0 Å². The van der Waals surface area contributed by atoms with E-state index in [0.29, 0.717) is 6.54 Å². The second-order valence-electron chi connectivity index (χ2n) is 4.39. The first-order valence-corrected chi connectivity index (χ1v) is 6.26. The van der Waals surface area contributed by atoms with E-state index in [0.717, 1.165) is 30.0 Å². The number of nitrogens with zero attached hydrogens (tertiary/aromatic N) is 2. The Labute approximate surface area is 111 Å². The van der Waals surface area contributed by atoms with Crippen LogP contribution in [-0.2, 0) is 13.0 Å². The Kier molecular flexibility index (Phi) is 4.01. The highest BCUT2D eigenvalue weighted by molar-refractivity contribution is 5.91. The van der Waals surface area contributed by atoms with Crippen LogP contribution in [0.1, 0.15) is 41.0 Å². The number of rotatable bonds is 5. The topological polar surface area (TPSA) is 86.1 Å². The van der Waals surface area contributed by atoms with Crippen LogP contribution >= 0.6 is 0 Å². The van der Waals surface area contributed by atoms with Crippen molar-refractivity contribution in [3.05, 3.63) is 41.4 Å². The molecule has 2 heterocycles. The fraction of sp³-hybridized carbons (Fsp3) is 0.385. The van der Waals surface area contributed by atoms with Gasteiger partial charge < -0.3 is 8.98 Å². The van der Waals surface area contributed by atoms with Gasteiger partial charge in [-0.25, -0.2) is 10.8 Å². The number of carbonyl (C=O) groups is 1. The van der Waals surface area contributed by atoms with Crippen molar-refractivity contribution in [3.63, 3.8) is 0 Å². The summed E-state index contributed by atoms with van der Waals surface area (Å²) in [5.74, 6) is 6.65. The van der Waals surface area contributed by atoms with E-state index < -0.39 is 5.91 Å². The van der Waals surface area contributed by atoms with Crippen LogP contribution in [0.3, 0.4) is 0 Å². The summed E-state index contributed by atoms with van der Waals surface area (Å²) in [6.07, 6.45) is 5.69. The lowest BCUT2D eigenvalue weighted by molar-refractivity contribution is 0.0924. The monoisotopic (exact) mass is 262 g/mol. The van der Waals surface area contributed by atoms with Gasteiger partial charge in [0.05, 0.1) is 6.54 Å².